The molecule has 0 aliphatic heterocycles. The highest BCUT2D eigenvalue weighted by Gasteiger charge is 2.04. The molecule has 0 bridgehead atoms. The van der Waals surface area contributed by atoms with Gasteiger partial charge in [-0.1, -0.05) is 28.1 Å². The molecule has 0 unspecified atom stereocenters. The van der Waals surface area contributed by atoms with Crippen molar-refractivity contribution in [3.05, 3.63) is 40.5 Å². The molecule has 19 heavy (non-hydrogen) atoms. The van der Waals surface area contributed by atoms with Crippen LogP contribution in [0, 0.1) is 0 Å². The van der Waals surface area contributed by atoms with Gasteiger partial charge in [-0.2, -0.15) is 0 Å². The number of hydrogen-bond acceptors (Lipinski definition) is 4. The maximum atomic E-state index is 8.59. The lowest BCUT2D eigenvalue weighted by molar-refractivity contribution is 0.0938. The molecule has 102 valence electrons. The minimum Gasteiger partial charge on any atom is -0.394 e. The van der Waals surface area contributed by atoms with Crippen LogP contribution in [0.4, 0.5) is 0 Å². The zero-order valence-corrected chi connectivity index (χ0v) is 12.2. The first-order chi connectivity index (χ1) is 9.33. The lowest BCUT2D eigenvalue weighted by Crippen LogP contribution is -2.20. The maximum Gasteiger partial charge on any atom is 0.0758 e. The zero-order chi connectivity index (χ0) is 13.5. The Kier molecular flexibility index (Phi) is 5.72. The first-order valence-corrected chi connectivity index (χ1v) is 7.03. The predicted octanol–water partition coefficient (Wildman–Crippen LogP) is 2.10. The smallest absolute Gasteiger partial charge is 0.0758 e. The molecule has 2 N–H and O–H groups in total. The number of nitrogens with one attached hydrogen (secondary N) is 1. The van der Waals surface area contributed by atoms with E-state index < -0.39 is 0 Å². The minimum atomic E-state index is 0.0707. The first-order valence-electron chi connectivity index (χ1n) is 6.24. The van der Waals surface area contributed by atoms with E-state index in [0.29, 0.717) is 13.2 Å². The third kappa shape index (κ3) is 3.98. The molecule has 0 aliphatic carbocycles. The molecule has 1 aromatic heterocycles. The topological polar surface area (TPSA) is 54.4 Å². The summed E-state index contributed by atoms with van der Waals surface area (Å²) < 4.78 is 6.25. The van der Waals surface area contributed by atoms with Gasteiger partial charge in [-0.05, 0) is 17.7 Å². The monoisotopic (exact) mass is 324 g/mol. The van der Waals surface area contributed by atoms with Crippen LogP contribution in [0.15, 0.2) is 34.9 Å². The molecule has 0 saturated heterocycles. The van der Waals surface area contributed by atoms with Crippen LogP contribution < -0.4 is 5.32 Å². The second-order valence-corrected chi connectivity index (χ2v) is 4.97. The summed E-state index contributed by atoms with van der Waals surface area (Å²) in [5.74, 6) is 0. The van der Waals surface area contributed by atoms with Crippen LogP contribution >= 0.6 is 15.9 Å². The van der Waals surface area contributed by atoms with Crippen molar-refractivity contribution in [2.45, 2.75) is 6.54 Å². The molecule has 2 aromatic rings. The number of aromatic nitrogens is 1. The van der Waals surface area contributed by atoms with E-state index in [1.165, 1.54) is 5.56 Å². The van der Waals surface area contributed by atoms with Crippen LogP contribution in [-0.4, -0.2) is 36.5 Å². The molecule has 0 aliphatic rings. The molecular weight excluding hydrogens is 308 g/mol. The standard InChI is InChI=1S/C14H17BrN2O2/c15-13-4-3-11(10-16-6-8-19-9-7-18)14-12(13)2-1-5-17-14/h1-5,16,18H,6-10H2. The number of ether oxygens (including phenoxy) is 1. The Bertz CT molecular complexity index is 534. The number of aliphatic hydroxyl groups is 1. The van der Waals surface area contributed by atoms with Gasteiger partial charge in [-0.15, -0.1) is 0 Å². The van der Waals surface area contributed by atoms with E-state index in [4.69, 9.17) is 9.84 Å². The molecule has 0 atom stereocenters. The molecule has 4 nitrogen and oxygen atoms in total. The van der Waals surface area contributed by atoms with E-state index in [0.717, 1.165) is 28.5 Å². The Hall–Kier alpha value is -1.01. The Morgan fingerprint density at radius 3 is 3.00 bits per heavy atom. The second kappa shape index (κ2) is 7.55. The van der Waals surface area contributed by atoms with Crippen molar-refractivity contribution >= 4 is 26.8 Å². The largest absolute Gasteiger partial charge is 0.394 e. The van der Waals surface area contributed by atoms with E-state index in [9.17, 15) is 0 Å². The third-order valence-corrected chi connectivity index (χ3v) is 3.47. The Morgan fingerprint density at radius 2 is 2.16 bits per heavy atom. The first kappa shape index (κ1) is 14.4. The second-order valence-electron chi connectivity index (χ2n) is 4.12. The fraction of sp³-hybridized carbons (Fsp3) is 0.357. The van der Waals surface area contributed by atoms with Crippen molar-refractivity contribution < 1.29 is 9.84 Å². The van der Waals surface area contributed by atoms with Gasteiger partial charge in [-0.3, -0.25) is 4.98 Å². The average Bonchev–Trinajstić information content (AvgIpc) is 2.45. The van der Waals surface area contributed by atoms with Gasteiger partial charge in [0.1, 0.15) is 0 Å². The van der Waals surface area contributed by atoms with Gasteiger partial charge in [-0.25, -0.2) is 0 Å². The quantitative estimate of drug-likeness (QED) is 0.766. The number of rotatable bonds is 7. The number of fused-ring (bicyclic) bond motifs is 1. The number of hydrogen-bond donors (Lipinski definition) is 2. The van der Waals surface area contributed by atoms with Crippen LogP contribution in [0.3, 0.4) is 0 Å². The summed E-state index contributed by atoms with van der Waals surface area (Å²) in [6.07, 6.45) is 1.81. The van der Waals surface area contributed by atoms with Crippen LogP contribution in [0.25, 0.3) is 10.9 Å². The van der Waals surface area contributed by atoms with E-state index in [-0.39, 0.29) is 6.61 Å². The fourth-order valence-corrected chi connectivity index (χ4v) is 2.33. The van der Waals surface area contributed by atoms with Crippen molar-refractivity contribution in [3.63, 3.8) is 0 Å². The molecule has 2 rings (SSSR count). The Labute approximate surface area is 120 Å². The summed E-state index contributed by atoms with van der Waals surface area (Å²) >= 11 is 3.54. The minimum absolute atomic E-state index is 0.0707. The molecule has 0 radical (unpaired) electrons. The summed E-state index contributed by atoms with van der Waals surface area (Å²) in [6.45, 7) is 2.57. The van der Waals surface area contributed by atoms with Gasteiger partial charge in [0.15, 0.2) is 0 Å². The van der Waals surface area contributed by atoms with Crippen molar-refractivity contribution in [1.29, 1.82) is 0 Å². The van der Waals surface area contributed by atoms with E-state index in [2.05, 4.69) is 38.4 Å². The lowest BCUT2D eigenvalue weighted by Gasteiger charge is -2.09. The Morgan fingerprint density at radius 1 is 1.26 bits per heavy atom. The predicted molar refractivity (Wildman–Crippen MR) is 79.1 cm³/mol. The molecule has 0 spiro atoms. The van der Waals surface area contributed by atoms with Crippen molar-refractivity contribution in [2.75, 3.05) is 26.4 Å². The van der Waals surface area contributed by atoms with Crippen LogP contribution in [0.5, 0.6) is 0 Å². The summed E-state index contributed by atoms with van der Waals surface area (Å²) in [5, 5.41) is 13.0. The van der Waals surface area contributed by atoms with Crippen molar-refractivity contribution in [3.8, 4) is 0 Å². The number of nitrogens with zero attached hydrogens (tertiary/aromatic N) is 1. The molecule has 1 heterocycles. The summed E-state index contributed by atoms with van der Waals surface area (Å²) in [6, 6.07) is 8.11. The van der Waals surface area contributed by atoms with Crippen LogP contribution in [-0.2, 0) is 11.3 Å². The summed E-state index contributed by atoms with van der Waals surface area (Å²) in [7, 11) is 0. The van der Waals surface area contributed by atoms with Gasteiger partial charge in [0.2, 0.25) is 0 Å². The SMILES string of the molecule is OCCOCCNCc1ccc(Br)c2cccnc12. The van der Waals surface area contributed by atoms with Gasteiger partial charge in [0.05, 0.1) is 25.3 Å². The maximum absolute atomic E-state index is 8.59. The number of benzene rings is 1. The van der Waals surface area contributed by atoms with E-state index >= 15 is 0 Å². The van der Waals surface area contributed by atoms with Gasteiger partial charge < -0.3 is 15.2 Å². The van der Waals surface area contributed by atoms with Crippen LogP contribution in [0.2, 0.25) is 0 Å². The molecule has 5 heteroatoms. The third-order valence-electron chi connectivity index (χ3n) is 2.77. The highest BCUT2D eigenvalue weighted by atomic mass is 79.9. The normalized spacial score (nSPS) is 11.1. The Balaban J connectivity index is 1.96. The summed E-state index contributed by atoms with van der Waals surface area (Å²) in [4.78, 5) is 4.44. The lowest BCUT2D eigenvalue weighted by atomic mass is 10.1. The number of aliphatic hydroxyl groups excluding tert-OH is 1. The molecule has 0 saturated carbocycles. The zero-order valence-electron chi connectivity index (χ0n) is 10.6. The fourth-order valence-electron chi connectivity index (χ4n) is 1.87. The number of halogens is 1. The van der Waals surface area contributed by atoms with E-state index in [1.54, 1.807) is 0 Å². The van der Waals surface area contributed by atoms with Gasteiger partial charge in [0, 0.05) is 29.1 Å². The number of pyridine rings is 1. The van der Waals surface area contributed by atoms with Crippen molar-refractivity contribution in [2.24, 2.45) is 0 Å². The highest BCUT2D eigenvalue weighted by Crippen LogP contribution is 2.24. The molecule has 0 fully saturated rings. The van der Waals surface area contributed by atoms with Gasteiger partial charge in [0.25, 0.3) is 0 Å². The molecule has 0 amide bonds. The molecule has 1 aromatic carbocycles. The van der Waals surface area contributed by atoms with E-state index in [1.807, 2.05) is 18.3 Å². The highest BCUT2D eigenvalue weighted by molar-refractivity contribution is 9.10. The molecular formula is C14H17BrN2O2. The average molecular weight is 325 g/mol. The van der Waals surface area contributed by atoms with Crippen LogP contribution in [0.1, 0.15) is 5.56 Å². The van der Waals surface area contributed by atoms with Crippen molar-refractivity contribution in [1.82, 2.24) is 10.3 Å². The summed E-state index contributed by atoms with van der Waals surface area (Å²) in [5.41, 5.74) is 2.18. The van der Waals surface area contributed by atoms with Gasteiger partial charge >= 0.3 is 0 Å².